The number of piperidine rings is 1. The van der Waals surface area contributed by atoms with Gasteiger partial charge in [0.1, 0.15) is 0 Å². The molecule has 1 aliphatic heterocycles. The van der Waals surface area contributed by atoms with Crippen LogP contribution in [0.1, 0.15) is 38.1 Å². The first-order chi connectivity index (χ1) is 10.3. The minimum atomic E-state index is 0.130. The molecule has 21 heavy (non-hydrogen) atoms. The number of rotatable bonds is 3. The van der Waals surface area contributed by atoms with Crippen LogP contribution in [0, 0.1) is 0 Å². The Morgan fingerprint density at radius 1 is 1.29 bits per heavy atom. The van der Waals surface area contributed by atoms with E-state index in [1.165, 1.54) is 12.8 Å². The molecule has 1 aromatic rings. The first-order valence-corrected chi connectivity index (χ1v) is 9.12. The largest absolute Gasteiger partial charge is 0.334 e. The van der Waals surface area contributed by atoms with Crippen LogP contribution in [0.15, 0.2) is 18.7 Å². The van der Waals surface area contributed by atoms with E-state index in [9.17, 15) is 4.79 Å². The summed E-state index contributed by atoms with van der Waals surface area (Å²) < 4.78 is 2.16. The molecule has 0 radical (unpaired) electrons. The summed E-state index contributed by atoms with van der Waals surface area (Å²) in [5, 5.41) is 3.84. The molecule has 2 aliphatic rings. The highest BCUT2D eigenvalue weighted by molar-refractivity contribution is 7.99. The van der Waals surface area contributed by atoms with Gasteiger partial charge in [-0.3, -0.25) is 0 Å². The number of imidazole rings is 1. The smallest absolute Gasteiger partial charge is 0.317 e. The molecule has 0 spiro atoms. The van der Waals surface area contributed by atoms with E-state index in [-0.39, 0.29) is 6.03 Å². The number of carbonyl (C=O) groups excluding carboxylic acids is 1. The number of nitrogens with one attached hydrogen (secondary N) is 1. The number of hydrogen-bond donors (Lipinski definition) is 1. The van der Waals surface area contributed by atoms with Crippen molar-refractivity contribution in [2.75, 3.05) is 19.3 Å². The molecule has 5 nitrogen and oxygen atoms in total. The predicted octanol–water partition coefficient (Wildman–Crippen LogP) is 2.51. The molecule has 2 fully saturated rings. The Balaban J connectivity index is 1.49. The van der Waals surface area contributed by atoms with Crippen molar-refractivity contribution in [2.24, 2.45) is 0 Å². The van der Waals surface area contributed by atoms with Crippen molar-refractivity contribution in [1.82, 2.24) is 19.8 Å². The van der Waals surface area contributed by atoms with Crippen molar-refractivity contribution in [2.45, 2.75) is 49.4 Å². The third-order valence-corrected chi connectivity index (χ3v) is 5.93. The fourth-order valence-corrected chi connectivity index (χ4v) is 4.41. The van der Waals surface area contributed by atoms with Gasteiger partial charge in [-0.2, -0.15) is 11.8 Å². The molecule has 1 aromatic heterocycles. The second kappa shape index (κ2) is 6.73. The first-order valence-electron chi connectivity index (χ1n) is 7.83. The fraction of sp³-hybridized carbons (Fsp3) is 0.733. The minimum absolute atomic E-state index is 0.130. The highest BCUT2D eigenvalue weighted by atomic mass is 32.2. The summed E-state index contributed by atoms with van der Waals surface area (Å²) in [7, 11) is 0. The van der Waals surface area contributed by atoms with Gasteiger partial charge in [0.15, 0.2) is 0 Å². The van der Waals surface area contributed by atoms with E-state index >= 15 is 0 Å². The average Bonchev–Trinajstić information content (AvgIpc) is 3.18. The van der Waals surface area contributed by atoms with E-state index in [1.54, 1.807) is 0 Å². The van der Waals surface area contributed by atoms with Crippen LogP contribution in [-0.2, 0) is 0 Å². The van der Waals surface area contributed by atoms with Gasteiger partial charge < -0.3 is 14.8 Å². The molecule has 2 heterocycles. The molecule has 1 N–H and O–H groups in total. The molecular formula is C15H24N4OS. The number of likely N-dealkylation sites (tertiary alicyclic amines) is 1. The zero-order valence-electron chi connectivity index (χ0n) is 12.6. The van der Waals surface area contributed by atoms with Gasteiger partial charge >= 0.3 is 6.03 Å². The second-order valence-electron chi connectivity index (χ2n) is 5.99. The normalized spacial score (nSPS) is 27.0. The lowest BCUT2D eigenvalue weighted by Gasteiger charge is -2.33. The molecule has 2 amide bonds. The highest BCUT2D eigenvalue weighted by Gasteiger charge is 2.30. The predicted molar refractivity (Wildman–Crippen MR) is 85.5 cm³/mol. The maximum absolute atomic E-state index is 12.4. The lowest BCUT2D eigenvalue weighted by Crippen LogP contribution is -2.49. The third kappa shape index (κ3) is 3.36. The first kappa shape index (κ1) is 14.8. The van der Waals surface area contributed by atoms with Crippen molar-refractivity contribution >= 4 is 17.8 Å². The molecule has 3 rings (SSSR count). The van der Waals surface area contributed by atoms with Gasteiger partial charge in [0.25, 0.3) is 0 Å². The summed E-state index contributed by atoms with van der Waals surface area (Å²) in [6.45, 7) is 1.68. The van der Waals surface area contributed by atoms with Gasteiger partial charge in [-0.25, -0.2) is 9.78 Å². The van der Waals surface area contributed by atoms with Crippen LogP contribution in [0.3, 0.4) is 0 Å². The molecule has 2 unspecified atom stereocenters. The van der Waals surface area contributed by atoms with E-state index < -0.39 is 0 Å². The zero-order chi connectivity index (χ0) is 14.7. The molecule has 0 bridgehead atoms. The highest BCUT2D eigenvalue weighted by Crippen LogP contribution is 2.29. The Hall–Kier alpha value is -1.17. The molecule has 1 aliphatic carbocycles. The van der Waals surface area contributed by atoms with E-state index in [1.807, 2.05) is 35.4 Å². The van der Waals surface area contributed by atoms with Crippen LogP contribution in [0.25, 0.3) is 0 Å². The van der Waals surface area contributed by atoms with Gasteiger partial charge in [-0.05, 0) is 31.9 Å². The summed E-state index contributed by atoms with van der Waals surface area (Å²) in [5.41, 5.74) is 0. The average molecular weight is 308 g/mol. The van der Waals surface area contributed by atoms with Gasteiger partial charge in [0.2, 0.25) is 0 Å². The van der Waals surface area contributed by atoms with Crippen molar-refractivity contribution in [3.8, 4) is 0 Å². The lowest BCUT2D eigenvalue weighted by atomic mass is 10.1. The van der Waals surface area contributed by atoms with E-state index in [2.05, 4.69) is 21.1 Å². The van der Waals surface area contributed by atoms with E-state index in [4.69, 9.17) is 0 Å². The monoisotopic (exact) mass is 308 g/mol. The topological polar surface area (TPSA) is 50.2 Å². The second-order valence-corrected chi connectivity index (χ2v) is 7.07. The van der Waals surface area contributed by atoms with Crippen LogP contribution in [0.4, 0.5) is 4.79 Å². The lowest BCUT2D eigenvalue weighted by molar-refractivity contribution is 0.168. The molecule has 2 atom stereocenters. The standard InChI is InChI=1S/C15H24N4OS/c1-21-14-4-2-3-13(14)17-15(20)18-8-5-12(6-9-18)19-10-7-16-11-19/h7,10-14H,2-6,8-9H2,1H3,(H,17,20). The van der Waals surface area contributed by atoms with Crippen LogP contribution in [-0.4, -0.2) is 51.1 Å². The SMILES string of the molecule is CSC1CCCC1NC(=O)N1CCC(n2ccnc2)CC1. The number of amides is 2. The van der Waals surface area contributed by atoms with E-state index in [0.717, 1.165) is 32.4 Å². The van der Waals surface area contributed by atoms with Gasteiger partial charge in [0, 0.05) is 42.8 Å². The van der Waals surface area contributed by atoms with Crippen LogP contribution < -0.4 is 5.32 Å². The summed E-state index contributed by atoms with van der Waals surface area (Å²) in [5.74, 6) is 0. The number of urea groups is 1. The molecule has 1 saturated carbocycles. The zero-order valence-corrected chi connectivity index (χ0v) is 13.4. The quantitative estimate of drug-likeness (QED) is 0.933. The number of nitrogens with zero attached hydrogens (tertiary/aromatic N) is 3. The van der Waals surface area contributed by atoms with Gasteiger partial charge in [0.05, 0.1) is 6.33 Å². The number of thioether (sulfide) groups is 1. The summed E-state index contributed by atoms with van der Waals surface area (Å²) in [6.07, 6.45) is 13.5. The number of hydrogen-bond acceptors (Lipinski definition) is 3. The molecular weight excluding hydrogens is 284 g/mol. The van der Waals surface area contributed by atoms with Crippen molar-refractivity contribution in [3.63, 3.8) is 0 Å². The van der Waals surface area contributed by atoms with Crippen LogP contribution in [0.2, 0.25) is 0 Å². The van der Waals surface area contributed by atoms with Crippen molar-refractivity contribution < 1.29 is 4.79 Å². The Labute approximate surface area is 130 Å². The summed E-state index contributed by atoms with van der Waals surface area (Å²) in [6, 6.07) is 0.978. The van der Waals surface area contributed by atoms with E-state index in [0.29, 0.717) is 17.3 Å². The fourth-order valence-electron chi connectivity index (χ4n) is 3.48. The molecule has 116 valence electrons. The van der Waals surface area contributed by atoms with Crippen molar-refractivity contribution in [3.05, 3.63) is 18.7 Å². The third-order valence-electron chi connectivity index (χ3n) is 4.76. The summed E-state index contributed by atoms with van der Waals surface area (Å²) >= 11 is 1.88. The Morgan fingerprint density at radius 3 is 2.76 bits per heavy atom. The van der Waals surface area contributed by atoms with Crippen molar-refractivity contribution in [1.29, 1.82) is 0 Å². The number of carbonyl (C=O) groups is 1. The Morgan fingerprint density at radius 2 is 2.10 bits per heavy atom. The molecule has 1 saturated heterocycles. The molecule has 0 aromatic carbocycles. The van der Waals surface area contributed by atoms with Gasteiger partial charge in [-0.15, -0.1) is 0 Å². The molecule has 6 heteroatoms. The maximum atomic E-state index is 12.4. The Kier molecular flexibility index (Phi) is 4.73. The maximum Gasteiger partial charge on any atom is 0.317 e. The van der Waals surface area contributed by atoms with Crippen LogP contribution in [0.5, 0.6) is 0 Å². The summed E-state index contributed by atoms with van der Waals surface area (Å²) in [4.78, 5) is 18.5. The van der Waals surface area contributed by atoms with Crippen LogP contribution >= 0.6 is 11.8 Å². The van der Waals surface area contributed by atoms with Gasteiger partial charge in [-0.1, -0.05) is 6.42 Å². The number of aromatic nitrogens is 2. The minimum Gasteiger partial charge on any atom is -0.334 e. The Bertz CT molecular complexity index is 456.